The van der Waals surface area contributed by atoms with Crippen LogP contribution in [0.15, 0.2) is 72.0 Å². The summed E-state index contributed by atoms with van der Waals surface area (Å²) in [5, 5.41) is 13.0. The molecule has 0 saturated heterocycles. The topological polar surface area (TPSA) is 45.5 Å². The molecule has 0 atom stereocenters. The Morgan fingerprint density at radius 2 is 1.67 bits per heavy atom. The average molecular weight is 337 g/mol. The standard InChI is InChI=1S/C20H17ClN2O/c21-19-9-5-4-8-17(19)16-12-13-22-20(18(16)14-23-24)11-10-15-6-2-1-3-7-15/h1-9,12-14,24H,10-11H2. The van der Waals surface area contributed by atoms with Crippen molar-refractivity contribution in [1.29, 1.82) is 0 Å². The molecule has 0 spiro atoms. The second kappa shape index (κ2) is 7.75. The van der Waals surface area contributed by atoms with Crippen LogP contribution in [-0.2, 0) is 12.8 Å². The Kier molecular flexibility index (Phi) is 5.24. The predicted molar refractivity (Wildman–Crippen MR) is 97.9 cm³/mol. The van der Waals surface area contributed by atoms with Gasteiger partial charge in [-0.1, -0.05) is 65.3 Å². The maximum atomic E-state index is 9.08. The highest BCUT2D eigenvalue weighted by Crippen LogP contribution is 2.30. The van der Waals surface area contributed by atoms with Crippen LogP contribution in [-0.4, -0.2) is 16.4 Å². The minimum Gasteiger partial charge on any atom is -0.411 e. The van der Waals surface area contributed by atoms with E-state index in [0.29, 0.717) is 5.02 Å². The van der Waals surface area contributed by atoms with Gasteiger partial charge in [-0.05, 0) is 36.1 Å². The first kappa shape index (κ1) is 16.2. The second-order valence-corrected chi connectivity index (χ2v) is 5.84. The molecule has 24 heavy (non-hydrogen) atoms. The van der Waals surface area contributed by atoms with Crippen molar-refractivity contribution in [3.8, 4) is 11.1 Å². The molecule has 0 radical (unpaired) electrons. The van der Waals surface area contributed by atoms with Gasteiger partial charge in [0.1, 0.15) is 0 Å². The Balaban J connectivity index is 1.98. The smallest absolute Gasteiger partial charge is 0.0758 e. The second-order valence-electron chi connectivity index (χ2n) is 5.43. The van der Waals surface area contributed by atoms with Crippen LogP contribution in [0.1, 0.15) is 16.8 Å². The van der Waals surface area contributed by atoms with Gasteiger partial charge in [0, 0.05) is 22.3 Å². The maximum Gasteiger partial charge on any atom is 0.0758 e. The summed E-state index contributed by atoms with van der Waals surface area (Å²) >= 11 is 6.33. The number of hydrogen-bond acceptors (Lipinski definition) is 3. The molecule has 0 aliphatic rings. The number of pyridine rings is 1. The number of halogens is 1. The average Bonchev–Trinajstić information content (AvgIpc) is 2.62. The minimum absolute atomic E-state index is 0.658. The van der Waals surface area contributed by atoms with Crippen LogP contribution in [0.4, 0.5) is 0 Å². The maximum absolute atomic E-state index is 9.08. The minimum atomic E-state index is 0.658. The molecule has 3 nitrogen and oxygen atoms in total. The van der Waals surface area contributed by atoms with Gasteiger partial charge in [-0.15, -0.1) is 0 Å². The Bertz CT molecular complexity index is 847. The molecular formula is C20H17ClN2O. The Morgan fingerprint density at radius 3 is 2.42 bits per heavy atom. The van der Waals surface area contributed by atoms with E-state index < -0.39 is 0 Å². The molecule has 3 aromatic rings. The van der Waals surface area contributed by atoms with Crippen LogP contribution < -0.4 is 0 Å². The zero-order valence-electron chi connectivity index (χ0n) is 13.1. The van der Waals surface area contributed by atoms with Gasteiger partial charge in [0.25, 0.3) is 0 Å². The first-order valence-electron chi connectivity index (χ1n) is 7.73. The first-order chi connectivity index (χ1) is 11.8. The molecule has 0 aliphatic carbocycles. The number of aryl methyl sites for hydroxylation is 2. The molecule has 120 valence electrons. The highest BCUT2D eigenvalue weighted by Gasteiger charge is 2.12. The van der Waals surface area contributed by atoms with E-state index in [2.05, 4.69) is 22.3 Å². The van der Waals surface area contributed by atoms with Gasteiger partial charge in [0.15, 0.2) is 0 Å². The van der Waals surface area contributed by atoms with Gasteiger partial charge in [-0.2, -0.15) is 0 Å². The van der Waals surface area contributed by atoms with E-state index in [9.17, 15) is 0 Å². The summed E-state index contributed by atoms with van der Waals surface area (Å²) in [6, 6.07) is 19.8. The van der Waals surface area contributed by atoms with Crippen LogP contribution in [0.3, 0.4) is 0 Å². The molecule has 0 bridgehead atoms. The summed E-state index contributed by atoms with van der Waals surface area (Å²) in [6.45, 7) is 0. The van der Waals surface area contributed by atoms with Crippen molar-refractivity contribution >= 4 is 17.8 Å². The lowest BCUT2D eigenvalue weighted by atomic mass is 9.97. The Morgan fingerprint density at radius 1 is 0.917 bits per heavy atom. The molecule has 1 aromatic heterocycles. The van der Waals surface area contributed by atoms with E-state index in [1.807, 2.05) is 48.5 Å². The van der Waals surface area contributed by atoms with E-state index in [1.165, 1.54) is 11.8 Å². The van der Waals surface area contributed by atoms with Crippen molar-refractivity contribution in [3.05, 3.63) is 88.7 Å². The summed E-state index contributed by atoms with van der Waals surface area (Å²) < 4.78 is 0. The first-order valence-corrected chi connectivity index (χ1v) is 8.11. The van der Waals surface area contributed by atoms with E-state index in [1.54, 1.807) is 6.20 Å². The molecule has 1 N–H and O–H groups in total. The predicted octanol–water partition coefficient (Wildman–Crippen LogP) is 5.00. The van der Waals surface area contributed by atoms with Crippen molar-refractivity contribution in [2.45, 2.75) is 12.8 Å². The summed E-state index contributed by atoms with van der Waals surface area (Å²) in [4.78, 5) is 4.48. The summed E-state index contributed by atoms with van der Waals surface area (Å²) in [5.41, 5.74) is 4.74. The number of rotatable bonds is 5. The molecule has 0 fully saturated rings. The molecule has 4 heteroatoms. The van der Waals surface area contributed by atoms with E-state index >= 15 is 0 Å². The van der Waals surface area contributed by atoms with Crippen molar-refractivity contribution < 1.29 is 5.21 Å². The Hall–Kier alpha value is -2.65. The number of nitrogens with zero attached hydrogens (tertiary/aromatic N) is 2. The van der Waals surface area contributed by atoms with Gasteiger partial charge in [0.2, 0.25) is 0 Å². The van der Waals surface area contributed by atoms with Crippen molar-refractivity contribution in [2.24, 2.45) is 5.16 Å². The van der Waals surface area contributed by atoms with E-state index in [4.69, 9.17) is 16.8 Å². The monoisotopic (exact) mass is 336 g/mol. The lowest BCUT2D eigenvalue weighted by Crippen LogP contribution is -2.02. The molecule has 2 aromatic carbocycles. The molecule has 0 saturated carbocycles. The van der Waals surface area contributed by atoms with Crippen molar-refractivity contribution in [2.75, 3.05) is 0 Å². The van der Waals surface area contributed by atoms with Crippen molar-refractivity contribution in [3.63, 3.8) is 0 Å². The van der Waals surface area contributed by atoms with E-state index in [-0.39, 0.29) is 0 Å². The summed E-state index contributed by atoms with van der Waals surface area (Å²) in [7, 11) is 0. The zero-order valence-corrected chi connectivity index (χ0v) is 13.8. The lowest BCUT2D eigenvalue weighted by Gasteiger charge is -2.12. The van der Waals surface area contributed by atoms with Crippen molar-refractivity contribution in [1.82, 2.24) is 4.98 Å². The molecule has 0 aliphatic heterocycles. The molecule has 3 rings (SSSR count). The number of benzene rings is 2. The molecule has 0 unspecified atom stereocenters. The van der Waals surface area contributed by atoms with Gasteiger partial charge in [-0.25, -0.2) is 0 Å². The van der Waals surface area contributed by atoms with Crippen LogP contribution in [0.25, 0.3) is 11.1 Å². The van der Waals surface area contributed by atoms with E-state index in [0.717, 1.165) is 35.2 Å². The lowest BCUT2D eigenvalue weighted by molar-refractivity contribution is 0.322. The van der Waals surface area contributed by atoms with Gasteiger partial charge in [0.05, 0.1) is 11.9 Å². The largest absolute Gasteiger partial charge is 0.411 e. The van der Waals surface area contributed by atoms with Gasteiger partial charge >= 0.3 is 0 Å². The quantitative estimate of drug-likeness (QED) is 0.405. The third-order valence-corrected chi connectivity index (χ3v) is 4.25. The number of aromatic nitrogens is 1. The fourth-order valence-corrected chi connectivity index (χ4v) is 2.98. The van der Waals surface area contributed by atoms with Gasteiger partial charge < -0.3 is 5.21 Å². The fraction of sp³-hybridized carbons (Fsp3) is 0.100. The third-order valence-electron chi connectivity index (χ3n) is 3.92. The van der Waals surface area contributed by atoms with Crippen LogP contribution in [0, 0.1) is 0 Å². The Labute approximate surface area is 146 Å². The summed E-state index contributed by atoms with van der Waals surface area (Å²) in [5.74, 6) is 0. The van der Waals surface area contributed by atoms with Crippen LogP contribution >= 0.6 is 11.6 Å². The number of hydrogen-bond donors (Lipinski definition) is 1. The van der Waals surface area contributed by atoms with Crippen LogP contribution in [0.5, 0.6) is 0 Å². The van der Waals surface area contributed by atoms with Crippen LogP contribution in [0.2, 0.25) is 5.02 Å². The number of oxime groups is 1. The highest BCUT2D eigenvalue weighted by atomic mass is 35.5. The normalized spacial score (nSPS) is 11.0. The van der Waals surface area contributed by atoms with Gasteiger partial charge in [-0.3, -0.25) is 4.98 Å². The third kappa shape index (κ3) is 3.63. The fourth-order valence-electron chi connectivity index (χ4n) is 2.74. The molecule has 0 amide bonds. The SMILES string of the molecule is ON=Cc1c(-c2ccccc2Cl)ccnc1CCc1ccccc1. The summed E-state index contributed by atoms with van der Waals surface area (Å²) in [6.07, 6.45) is 4.83. The highest BCUT2D eigenvalue weighted by molar-refractivity contribution is 6.33. The zero-order chi connectivity index (χ0) is 16.8. The molecule has 1 heterocycles. The molecular weight excluding hydrogens is 320 g/mol.